The number of carbonyl (C=O) groups excluding carboxylic acids is 1. The molecule has 15 heavy (non-hydrogen) atoms. The molecule has 0 aromatic carbocycles. The first-order valence-corrected chi connectivity index (χ1v) is 4.80. The maximum Gasteiger partial charge on any atom is 0.410 e. The van der Waals surface area contributed by atoms with Gasteiger partial charge in [0.25, 0.3) is 0 Å². The van der Waals surface area contributed by atoms with E-state index in [0.717, 1.165) is 0 Å². The number of amides is 1. The quantitative estimate of drug-likeness (QED) is 0.691. The van der Waals surface area contributed by atoms with E-state index in [2.05, 4.69) is 0 Å². The third-order valence-electron chi connectivity index (χ3n) is 2.27. The first-order valence-electron chi connectivity index (χ1n) is 4.80. The van der Waals surface area contributed by atoms with Crippen LogP contribution in [0.25, 0.3) is 0 Å². The van der Waals surface area contributed by atoms with Crippen LogP contribution < -0.4 is 0 Å². The Bertz CT molecular complexity index is 254. The van der Waals surface area contributed by atoms with Crippen molar-refractivity contribution in [1.82, 2.24) is 9.80 Å². The van der Waals surface area contributed by atoms with Crippen molar-refractivity contribution in [2.75, 3.05) is 33.8 Å². The lowest BCUT2D eigenvalue weighted by molar-refractivity contribution is -0.138. The summed E-state index contributed by atoms with van der Waals surface area (Å²) in [6.45, 7) is 1.38. The Labute approximate surface area is 88.4 Å². The number of nitrogens with zero attached hydrogens (tertiary/aromatic N) is 2. The van der Waals surface area contributed by atoms with Crippen LogP contribution in [0.15, 0.2) is 0 Å². The fraction of sp³-hybridized carbons (Fsp3) is 0.778. The highest BCUT2D eigenvalue weighted by Gasteiger charge is 2.33. The molecule has 1 atom stereocenters. The smallest absolute Gasteiger partial charge is 0.410 e. The van der Waals surface area contributed by atoms with Gasteiger partial charge in [-0.15, -0.1) is 0 Å². The third-order valence-corrected chi connectivity index (χ3v) is 2.27. The van der Waals surface area contributed by atoms with Gasteiger partial charge >= 0.3 is 12.1 Å². The fourth-order valence-electron chi connectivity index (χ4n) is 1.44. The molecule has 0 aliphatic carbocycles. The van der Waals surface area contributed by atoms with E-state index in [1.807, 2.05) is 19.0 Å². The highest BCUT2D eigenvalue weighted by atomic mass is 16.6. The van der Waals surface area contributed by atoms with Gasteiger partial charge in [-0.25, -0.2) is 4.79 Å². The zero-order valence-corrected chi connectivity index (χ0v) is 8.97. The summed E-state index contributed by atoms with van der Waals surface area (Å²) < 4.78 is 4.82. The highest BCUT2D eigenvalue weighted by molar-refractivity contribution is 5.73. The van der Waals surface area contributed by atoms with E-state index in [1.54, 1.807) is 0 Å². The minimum atomic E-state index is -0.909. The molecule has 0 aromatic heterocycles. The summed E-state index contributed by atoms with van der Waals surface area (Å²) in [6, 6.07) is -0.324. The Kier molecular flexibility index (Phi) is 3.90. The molecule has 1 N–H and O–H groups in total. The van der Waals surface area contributed by atoms with Gasteiger partial charge in [-0.2, -0.15) is 0 Å². The molecule has 0 radical (unpaired) electrons. The van der Waals surface area contributed by atoms with Crippen LogP contribution in [0, 0.1) is 0 Å². The molecular formula is C9H16N2O4. The Morgan fingerprint density at radius 2 is 2.33 bits per heavy atom. The molecule has 6 nitrogen and oxygen atoms in total. The van der Waals surface area contributed by atoms with Crippen LogP contribution in [0.4, 0.5) is 4.79 Å². The van der Waals surface area contributed by atoms with Crippen LogP contribution in [-0.2, 0) is 9.53 Å². The molecule has 1 unspecified atom stereocenters. The second-order valence-corrected chi connectivity index (χ2v) is 3.83. The lowest BCUT2D eigenvalue weighted by atomic mass is 10.2. The number of cyclic esters (lactones) is 1. The Hall–Kier alpha value is -1.30. The van der Waals surface area contributed by atoms with Gasteiger partial charge in [0.1, 0.15) is 6.61 Å². The van der Waals surface area contributed by atoms with Gasteiger partial charge in [-0.05, 0) is 14.1 Å². The predicted octanol–water partition coefficient (Wildman–Crippen LogP) is -0.156. The zero-order chi connectivity index (χ0) is 11.4. The molecule has 1 aliphatic rings. The summed E-state index contributed by atoms with van der Waals surface area (Å²) in [5.41, 5.74) is 0. The van der Waals surface area contributed by atoms with Gasteiger partial charge in [0.05, 0.1) is 12.5 Å². The van der Waals surface area contributed by atoms with E-state index in [4.69, 9.17) is 9.84 Å². The van der Waals surface area contributed by atoms with E-state index in [1.165, 1.54) is 4.90 Å². The van der Waals surface area contributed by atoms with Crippen LogP contribution in [-0.4, -0.2) is 66.8 Å². The summed E-state index contributed by atoms with van der Waals surface area (Å²) in [5, 5.41) is 8.65. The maximum absolute atomic E-state index is 11.3. The van der Waals surface area contributed by atoms with E-state index >= 15 is 0 Å². The van der Waals surface area contributed by atoms with Crippen molar-refractivity contribution < 1.29 is 19.4 Å². The van der Waals surface area contributed by atoms with Crippen molar-refractivity contribution in [3.63, 3.8) is 0 Å². The molecular weight excluding hydrogens is 200 g/mol. The number of carboxylic acid groups (broad SMARTS) is 1. The van der Waals surface area contributed by atoms with Crippen molar-refractivity contribution >= 4 is 12.1 Å². The van der Waals surface area contributed by atoms with Crippen molar-refractivity contribution in [3.05, 3.63) is 0 Å². The van der Waals surface area contributed by atoms with Gasteiger partial charge in [0, 0.05) is 13.1 Å². The average Bonchev–Trinajstić information content (AvgIpc) is 2.43. The fourth-order valence-corrected chi connectivity index (χ4v) is 1.44. The Morgan fingerprint density at radius 3 is 2.87 bits per heavy atom. The molecule has 1 rings (SSSR count). The molecule has 0 saturated carbocycles. The monoisotopic (exact) mass is 216 g/mol. The van der Waals surface area contributed by atoms with Crippen LogP contribution >= 0.6 is 0 Å². The Morgan fingerprint density at radius 1 is 1.67 bits per heavy atom. The number of hydrogen-bond donors (Lipinski definition) is 1. The lowest BCUT2D eigenvalue weighted by Gasteiger charge is -2.21. The summed E-state index contributed by atoms with van der Waals surface area (Å²) in [5.74, 6) is -0.909. The molecule has 0 spiro atoms. The zero-order valence-electron chi connectivity index (χ0n) is 8.97. The van der Waals surface area contributed by atoms with E-state index in [-0.39, 0.29) is 19.1 Å². The number of carboxylic acids is 1. The second kappa shape index (κ2) is 4.97. The van der Waals surface area contributed by atoms with Crippen LogP contribution in [0.3, 0.4) is 0 Å². The second-order valence-electron chi connectivity index (χ2n) is 3.83. The van der Waals surface area contributed by atoms with Crippen LogP contribution in [0.5, 0.6) is 0 Å². The average molecular weight is 216 g/mol. The summed E-state index contributed by atoms with van der Waals surface area (Å²) in [4.78, 5) is 25.2. The van der Waals surface area contributed by atoms with Gasteiger partial charge in [0.15, 0.2) is 0 Å². The third kappa shape index (κ3) is 3.39. The van der Waals surface area contributed by atoms with Gasteiger partial charge in [-0.1, -0.05) is 0 Å². The lowest BCUT2D eigenvalue weighted by Crippen LogP contribution is -2.39. The highest BCUT2D eigenvalue weighted by Crippen LogP contribution is 2.14. The standard InChI is InChI=1S/C9H16N2O4/c1-10(2)3-4-11-7(5-8(12)13)6-15-9(11)14/h7H,3-6H2,1-2H3,(H,12,13). The summed E-state index contributed by atoms with van der Waals surface area (Å²) >= 11 is 0. The van der Waals surface area contributed by atoms with E-state index in [0.29, 0.717) is 13.1 Å². The molecule has 6 heteroatoms. The number of ether oxygens (including phenoxy) is 1. The first-order chi connectivity index (χ1) is 7.00. The number of likely N-dealkylation sites (N-methyl/N-ethyl adjacent to an activating group) is 1. The molecule has 1 fully saturated rings. The maximum atomic E-state index is 11.3. The minimum Gasteiger partial charge on any atom is -0.481 e. The molecule has 1 saturated heterocycles. The number of hydrogen-bond acceptors (Lipinski definition) is 4. The number of rotatable bonds is 5. The van der Waals surface area contributed by atoms with Gasteiger partial charge in [-0.3, -0.25) is 9.69 Å². The molecule has 1 amide bonds. The number of carbonyl (C=O) groups is 2. The van der Waals surface area contributed by atoms with E-state index in [9.17, 15) is 9.59 Å². The van der Waals surface area contributed by atoms with Crippen LogP contribution in [0.1, 0.15) is 6.42 Å². The Balaban J connectivity index is 2.49. The summed E-state index contributed by atoms with van der Waals surface area (Å²) in [6.07, 6.45) is -0.470. The van der Waals surface area contributed by atoms with Crippen molar-refractivity contribution in [3.8, 4) is 0 Å². The minimum absolute atomic E-state index is 0.0564. The predicted molar refractivity (Wildman–Crippen MR) is 52.6 cm³/mol. The molecule has 0 aromatic rings. The first kappa shape index (κ1) is 11.8. The molecule has 1 aliphatic heterocycles. The molecule has 1 heterocycles. The largest absolute Gasteiger partial charge is 0.481 e. The van der Waals surface area contributed by atoms with Gasteiger partial charge in [0.2, 0.25) is 0 Å². The normalized spacial score (nSPS) is 20.9. The van der Waals surface area contributed by atoms with Crippen LogP contribution in [0.2, 0.25) is 0 Å². The topological polar surface area (TPSA) is 70.1 Å². The van der Waals surface area contributed by atoms with E-state index < -0.39 is 12.1 Å². The van der Waals surface area contributed by atoms with Crippen molar-refractivity contribution in [1.29, 1.82) is 0 Å². The van der Waals surface area contributed by atoms with Crippen molar-refractivity contribution in [2.45, 2.75) is 12.5 Å². The number of aliphatic carboxylic acids is 1. The summed E-state index contributed by atoms with van der Waals surface area (Å²) in [7, 11) is 3.79. The molecule has 86 valence electrons. The van der Waals surface area contributed by atoms with Crippen molar-refractivity contribution in [2.24, 2.45) is 0 Å². The van der Waals surface area contributed by atoms with Gasteiger partial charge < -0.3 is 14.7 Å². The SMILES string of the molecule is CN(C)CCN1C(=O)OCC1CC(=O)O. The molecule has 0 bridgehead atoms.